The van der Waals surface area contributed by atoms with E-state index in [4.69, 9.17) is 14.2 Å². The number of ether oxygens (including phenoxy) is 3. The number of carbonyl (C=O) groups is 1. The minimum atomic E-state index is -0.329. The molecule has 0 aliphatic rings. The molecule has 0 spiro atoms. The highest BCUT2D eigenvalue weighted by Gasteiger charge is 2.19. The van der Waals surface area contributed by atoms with E-state index in [2.05, 4.69) is 25.9 Å². The summed E-state index contributed by atoms with van der Waals surface area (Å²) in [5, 5.41) is 9.47. The highest BCUT2D eigenvalue weighted by molar-refractivity contribution is 6.08. The Hall–Kier alpha value is -4.79. The van der Waals surface area contributed by atoms with Gasteiger partial charge in [-0.05, 0) is 74.5 Å². The van der Waals surface area contributed by atoms with Crippen LogP contribution >= 0.6 is 0 Å². The van der Waals surface area contributed by atoms with Gasteiger partial charge in [-0.15, -0.1) is 0 Å². The number of methoxy groups -OCH3 is 2. The van der Waals surface area contributed by atoms with Crippen molar-refractivity contribution in [3.05, 3.63) is 84.1 Å². The lowest BCUT2D eigenvalue weighted by Gasteiger charge is -2.17. The van der Waals surface area contributed by atoms with Crippen LogP contribution in [0.1, 0.15) is 23.0 Å². The fraction of sp³-hybridized carbons (Fsp3) is 0.179. The standard InChI is InChI=1S/C28H29N5O4/c1-5-37-24-9-7-6-8-23(24)27(34)32-25-18(2)29-28(31-20-12-16-22(36-4)17-13-20)33-26(25)30-19-10-14-21(35-3)15-11-19/h6-17H,5H2,1-4H3,(H,32,34)(H2,29,30,31,33). The Morgan fingerprint density at radius 1 is 0.811 bits per heavy atom. The summed E-state index contributed by atoms with van der Waals surface area (Å²) in [4.78, 5) is 22.5. The Balaban J connectivity index is 1.68. The first-order valence-electron chi connectivity index (χ1n) is 11.7. The van der Waals surface area contributed by atoms with Gasteiger partial charge in [-0.25, -0.2) is 4.98 Å². The third-order valence-corrected chi connectivity index (χ3v) is 5.46. The van der Waals surface area contributed by atoms with E-state index in [1.165, 1.54) is 0 Å². The Labute approximate surface area is 215 Å². The van der Waals surface area contributed by atoms with Gasteiger partial charge in [-0.2, -0.15) is 4.98 Å². The van der Waals surface area contributed by atoms with E-state index in [0.29, 0.717) is 41.1 Å². The summed E-state index contributed by atoms with van der Waals surface area (Å²) >= 11 is 0. The second-order valence-electron chi connectivity index (χ2n) is 7.95. The number of rotatable bonds is 10. The normalized spacial score (nSPS) is 10.4. The molecule has 0 aliphatic carbocycles. The first kappa shape index (κ1) is 25.3. The van der Waals surface area contributed by atoms with Gasteiger partial charge in [0.05, 0.1) is 32.1 Å². The van der Waals surface area contributed by atoms with Crippen LogP contribution in [0.2, 0.25) is 0 Å². The number of aryl methyl sites for hydroxylation is 1. The van der Waals surface area contributed by atoms with Crippen LogP contribution < -0.4 is 30.2 Å². The van der Waals surface area contributed by atoms with Crippen LogP contribution in [-0.4, -0.2) is 36.7 Å². The topological polar surface area (TPSA) is 107 Å². The SMILES string of the molecule is CCOc1ccccc1C(=O)Nc1c(C)nc(Nc2ccc(OC)cc2)nc1Nc1ccc(OC)cc1. The number of hydrogen-bond donors (Lipinski definition) is 3. The van der Waals surface area contributed by atoms with Gasteiger partial charge in [-0.1, -0.05) is 12.1 Å². The minimum absolute atomic E-state index is 0.329. The van der Waals surface area contributed by atoms with Gasteiger partial charge in [0.1, 0.15) is 22.9 Å². The molecular formula is C28H29N5O4. The molecular weight excluding hydrogens is 470 g/mol. The van der Waals surface area contributed by atoms with Crippen LogP contribution in [0, 0.1) is 6.92 Å². The van der Waals surface area contributed by atoms with Crippen molar-refractivity contribution in [2.45, 2.75) is 13.8 Å². The van der Waals surface area contributed by atoms with E-state index >= 15 is 0 Å². The van der Waals surface area contributed by atoms with Crippen LogP contribution in [-0.2, 0) is 0 Å². The predicted molar refractivity (Wildman–Crippen MR) is 145 cm³/mol. The maximum absolute atomic E-state index is 13.3. The molecule has 9 nitrogen and oxygen atoms in total. The summed E-state index contributed by atoms with van der Waals surface area (Å²) in [6.07, 6.45) is 0. The van der Waals surface area contributed by atoms with E-state index in [-0.39, 0.29) is 5.91 Å². The predicted octanol–water partition coefficient (Wildman–Crippen LogP) is 5.94. The summed E-state index contributed by atoms with van der Waals surface area (Å²) in [6, 6.07) is 21.9. The molecule has 3 aromatic carbocycles. The number of benzene rings is 3. The van der Waals surface area contributed by atoms with Crippen LogP contribution in [0.25, 0.3) is 0 Å². The lowest BCUT2D eigenvalue weighted by molar-refractivity contribution is 0.102. The van der Waals surface area contributed by atoms with Crippen molar-refractivity contribution in [2.24, 2.45) is 0 Å². The lowest BCUT2D eigenvalue weighted by atomic mass is 10.1. The van der Waals surface area contributed by atoms with Crippen LogP contribution in [0.4, 0.5) is 28.8 Å². The van der Waals surface area contributed by atoms with Gasteiger partial charge in [0.15, 0.2) is 5.82 Å². The number of nitrogens with one attached hydrogen (secondary N) is 3. The number of nitrogens with zero attached hydrogens (tertiary/aromatic N) is 2. The second-order valence-corrected chi connectivity index (χ2v) is 7.95. The molecule has 1 aromatic heterocycles. The zero-order valence-corrected chi connectivity index (χ0v) is 21.2. The van der Waals surface area contributed by atoms with Gasteiger partial charge >= 0.3 is 0 Å². The number of hydrogen-bond acceptors (Lipinski definition) is 8. The smallest absolute Gasteiger partial charge is 0.259 e. The van der Waals surface area contributed by atoms with Gasteiger partial charge < -0.3 is 30.2 Å². The van der Waals surface area contributed by atoms with Crippen molar-refractivity contribution in [3.63, 3.8) is 0 Å². The molecule has 37 heavy (non-hydrogen) atoms. The Morgan fingerprint density at radius 3 is 2.00 bits per heavy atom. The van der Waals surface area contributed by atoms with Crippen molar-refractivity contribution in [1.82, 2.24) is 9.97 Å². The van der Waals surface area contributed by atoms with Crippen molar-refractivity contribution in [1.29, 1.82) is 0 Å². The summed E-state index contributed by atoms with van der Waals surface area (Å²) in [5.74, 6) is 2.44. The number of carbonyl (C=O) groups excluding carboxylic acids is 1. The molecule has 3 N–H and O–H groups in total. The average Bonchev–Trinajstić information content (AvgIpc) is 2.92. The van der Waals surface area contributed by atoms with Crippen molar-refractivity contribution in [3.8, 4) is 17.2 Å². The number of aromatic nitrogens is 2. The number of anilines is 5. The summed E-state index contributed by atoms with van der Waals surface area (Å²) in [5.41, 5.74) is 2.99. The molecule has 0 atom stereocenters. The van der Waals surface area contributed by atoms with E-state index in [0.717, 1.165) is 22.9 Å². The van der Waals surface area contributed by atoms with E-state index in [1.807, 2.05) is 68.4 Å². The molecule has 4 rings (SSSR count). The Bertz CT molecular complexity index is 1360. The molecule has 0 saturated carbocycles. The fourth-order valence-electron chi connectivity index (χ4n) is 3.60. The average molecular weight is 500 g/mol. The largest absolute Gasteiger partial charge is 0.497 e. The molecule has 0 saturated heterocycles. The third kappa shape index (κ3) is 6.26. The quantitative estimate of drug-likeness (QED) is 0.246. The summed E-state index contributed by atoms with van der Waals surface area (Å²) in [7, 11) is 3.23. The first-order chi connectivity index (χ1) is 18.0. The van der Waals surface area contributed by atoms with Crippen LogP contribution in [0.5, 0.6) is 17.2 Å². The van der Waals surface area contributed by atoms with Crippen LogP contribution in [0.15, 0.2) is 72.8 Å². The van der Waals surface area contributed by atoms with E-state index in [9.17, 15) is 4.79 Å². The molecule has 0 aliphatic heterocycles. The summed E-state index contributed by atoms with van der Waals surface area (Å²) < 4.78 is 16.1. The Kier molecular flexibility index (Phi) is 8.05. The molecule has 4 aromatic rings. The first-order valence-corrected chi connectivity index (χ1v) is 11.7. The van der Waals surface area contributed by atoms with Gasteiger partial charge in [0.2, 0.25) is 5.95 Å². The molecule has 1 amide bonds. The summed E-state index contributed by atoms with van der Waals surface area (Å²) in [6.45, 7) is 4.13. The van der Waals surface area contributed by atoms with Crippen molar-refractivity contribution >= 4 is 34.7 Å². The van der Waals surface area contributed by atoms with Gasteiger partial charge in [0, 0.05) is 11.4 Å². The fourth-order valence-corrected chi connectivity index (χ4v) is 3.60. The highest BCUT2D eigenvalue weighted by Crippen LogP contribution is 2.31. The van der Waals surface area contributed by atoms with Crippen molar-refractivity contribution in [2.75, 3.05) is 36.8 Å². The van der Waals surface area contributed by atoms with Gasteiger partial charge in [-0.3, -0.25) is 4.79 Å². The molecule has 0 unspecified atom stereocenters. The highest BCUT2D eigenvalue weighted by atomic mass is 16.5. The molecule has 190 valence electrons. The molecule has 9 heteroatoms. The zero-order valence-electron chi connectivity index (χ0n) is 21.2. The zero-order chi connectivity index (χ0) is 26.2. The number of para-hydroxylation sites is 1. The second kappa shape index (κ2) is 11.8. The van der Waals surface area contributed by atoms with E-state index in [1.54, 1.807) is 32.4 Å². The van der Waals surface area contributed by atoms with Crippen molar-refractivity contribution < 1.29 is 19.0 Å². The third-order valence-electron chi connectivity index (χ3n) is 5.46. The molecule has 0 radical (unpaired) electrons. The monoisotopic (exact) mass is 499 g/mol. The van der Waals surface area contributed by atoms with Crippen LogP contribution in [0.3, 0.4) is 0 Å². The Morgan fingerprint density at radius 2 is 1.41 bits per heavy atom. The maximum Gasteiger partial charge on any atom is 0.259 e. The molecule has 0 fully saturated rings. The number of amides is 1. The minimum Gasteiger partial charge on any atom is -0.497 e. The lowest BCUT2D eigenvalue weighted by Crippen LogP contribution is -2.17. The maximum atomic E-state index is 13.3. The molecule has 1 heterocycles. The van der Waals surface area contributed by atoms with E-state index < -0.39 is 0 Å². The van der Waals surface area contributed by atoms with Gasteiger partial charge in [0.25, 0.3) is 5.91 Å². The molecule has 0 bridgehead atoms.